The predicted molar refractivity (Wildman–Crippen MR) is 63.8 cm³/mol. The zero-order chi connectivity index (χ0) is 11.6. The van der Waals surface area contributed by atoms with Gasteiger partial charge in [0.1, 0.15) is 4.49 Å². The molecule has 1 fully saturated rings. The van der Waals surface area contributed by atoms with Crippen molar-refractivity contribution in [1.82, 2.24) is 5.32 Å². The van der Waals surface area contributed by atoms with Crippen LogP contribution >= 0.6 is 23.2 Å². The van der Waals surface area contributed by atoms with Crippen LogP contribution in [-0.2, 0) is 4.79 Å². The molecule has 1 saturated carbocycles. The van der Waals surface area contributed by atoms with E-state index in [2.05, 4.69) is 11.9 Å². The third-order valence-electron chi connectivity index (χ3n) is 2.92. The van der Waals surface area contributed by atoms with Gasteiger partial charge in [-0.05, 0) is 17.4 Å². The molecule has 0 bridgehead atoms. The molecule has 0 aromatic rings. The Kier molecular flexibility index (Phi) is 3.85. The fourth-order valence-electron chi connectivity index (χ4n) is 1.91. The quantitative estimate of drug-likeness (QED) is 0.761. The van der Waals surface area contributed by atoms with Crippen molar-refractivity contribution < 1.29 is 4.79 Å². The normalized spacial score (nSPS) is 26.7. The number of halogens is 2. The van der Waals surface area contributed by atoms with Gasteiger partial charge in [0, 0.05) is 6.54 Å². The highest BCUT2D eigenvalue weighted by atomic mass is 35.5. The van der Waals surface area contributed by atoms with Crippen LogP contribution in [0.2, 0.25) is 0 Å². The molecule has 0 aromatic heterocycles. The number of carbonyl (C=O) groups is 1. The first-order chi connectivity index (χ1) is 6.91. The molecule has 2 atom stereocenters. The van der Waals surface area contributed by atoms with E-state index >= 15 is 0 Å². The molecule has 0 saturated heterocycles. The van der Waals surface area contributed by atoms with Crippen LogP contribution in [0.15, 0.2) is 23.2 Å². The summed E-state index contributed by atoms with van der Waals surface area (Å²) in [5.74, 6) is 0.132. The minimum atomic E-state index is -0.0553. The molecule has 0 spiro atoms. The summed E-state index contributed by atoms with van der Waals surface area (Å²) in [5, 5.41) is 2.78. The van der Waals surface area contributed by atoms with Crippen LogP contribution in [0.3, 0.4) is 0 Å². The van der Waals surface area contributed by atoms with Crippen LogP contribution < -0.4 is 5.32 Å². The number of rotatable bonds is 4. The fraction of sp³-hybridized carbons (Fsp3) is 0.545. The summed E-state index contributed by atoms with van der Waals surface area (Å²) in [6, 6.07) is 0. The Bertz CT molecular complexity index is 306. The number of hydrogen-bond acceptors (Lipinski definition) is 1. The minimum absolute atomic E-state index is 0.0371. The highest BCUT2D eigenvalue weighted by molar-refractivity contribution is 6.55. The molecule has 1 N–H and O–H groups in total. The van der Waals surface area contributed by atoms with Crippen LogP contribution in [-0.4, -0.2) is 12.5 Å². The molecule has 0 heterocycles. The predicted octanol–water partition coefficient (Wildman–Crippen LogP) is 2.88. The Morgan fingerprint density at radius 1 is 1.53 bits per heavy atom. The van der Waals surface area contributed by atoms with Crippen LogP contribution in [0, 0.1) is 17.3 Å². The van der Waals surface area contributed by atoms with E-state index in [0.29, 0.717) is 6.54 Å². The molecule has 1 aliphatic rings. The van der Waals surface area contributed by atoms with Gasteiger partial charge in [0.2, 0.25) is 5.91 Å². The monoisotopic (exact) mass is 247 g/mol. The maximum Gasteiger partial charge on any atom is 0.224 e. The van der Waals surface area contributed by atoms with E-state index in [9.17, 15) is 4.79 Å². The van der Waals surface area contributed by atoms with Crippen molar-refractivity contribution in [2.24, 2.45) is 17.3 Å². The Morgan fingerprint density at radius 2 is 2.13 bits per heavy atom. The smallest absolute Gasteiger partial charge is 0.224 e. The Hall–Kier alpha value is -0.470. The molecular weight excluding hydrogens is 233 g/mol. The van der Waals surface area contributed by atoms with Crippen LogP contribution in [0.25, 0.3) is 0 Å². The zero-order valence-electron chi connectivity index (χ0n) is 8.89. The second-order valence-corrected chi connectivity index (χ2v) is 5.32. The lowest BCUT2D eigenvalue weighted by atomic mass is 10.1. The van der Waals surface area contributed by atoms with Crippen molar-refractivity contribution in [2.45, 2.75) is 13.8 Å². The summed E-state index contributed by atoms with van der Waals surface area (Å²) >= 11 is 11.2. The van der Waals surface area contributed by atoms with E-state index in [1.807, 2.05) is 13.8 Å². The molecular formula is C11H15Cl2NO. The molecule has 0 unspecified atom stereocenters. The molecule has 1 amide bonds. The molecule has 84 valence electrons. The van der Waals surface area contributed by atoms with Gasteiger partial charge < -0.3 is 5.32 Å². The topological polar surface area (TPSA) is 29.1 Å². The van der Waals surface area contributed by atoms with E-state index in [-0.39, 0.29) is 27.6 Å². The first kappa shape index (κ1) is 12.6. The van der Waals surface area contributed by atoms with Gasteiger partial charge in [-0.2, -0.15) is 0 Å². The van der Waals surface area contributed by atoms with Gasteiger partial charge in [-0.25, -0.2) is 0 Å². The van der Waals surface area contributed by atoms with Crippen molar-refractivity contribution in [3.05, 3.63) is 23.2 Å². The highest BCUT2D eigenvalue weighted by Gasteiger charge is 2.60. The van der Waals surface area contributed by atoms with Gasteiger partial charge in [-0.3, -0.25) is 4.79 Å². The summed E-state index contributed by atoms with van der Waals surface area (Å²) in [6.07, 6.45) is 3.40. The Balaban J connectivity index is 2.61. The van der Waals surface area contributed by atoms with Crippen molar-refractivity contribution >= 4 is 29.1 Å². The summed E-state index contributed by atoms with van der Waals surface area (Å²) in [5.41, 5.74) is -0.0553. The molecule has 0 aromatic carbocycles. The van der Waals surface area contributed by atoms with Gasteiger partial charge in [0.05, 0.1) is 5.92 Å². The number of hydrogen-bond donors (Lipinski definition) is 1. The molecule has 1 aliphatic carbocycles. The van der Waals surface area contributed by atoms with Crippen molar-refractivity contribution in [2.75, 3.05) is 6.54 Å². The lowest BCUT2D eigenvalue weighted by Gasteiger charge is -2.02. The summed E-state index contributed by atoms with van der Waals surface area (Å²) in [6.45, 7) is 8.11. The second-order valence-electron chi connectivity index (χ2n) is 4.31. The highest BCUT2D eigenvalue weighted by Crippen LogP contribution is 2.59. The maximum absolute atomic E-state index is 11.7. The Morgan fingerprint density at radius 3 is 2.60 bits per heavy atom. The number of allylic oxidation sites excluding steroid dienone is 1. The molecule has 0 aliphatic heterocycles. The maximum atomic E-state index is 11.7. The molecule has 4 heteroatoms. The van der Waals surface area contributed by atoms with Crippen molar-refractivity contribution in [3.63, 3.8) is 0 Å². The van der Waals surface area contributed by atoms with Crippen molar-refractivity contribution in [1.29, 1.82) is 0 Å². The van der Waals surface area contributed by atoms with Gasteiger partial charge in [-0.1, -0.05) is 43.1 Å². The lowest BCUT2D eigenvalue weighted by Crippen LogP contribution is -2.26. The van der Waals surface area contributed by atoms with Crippen LogP contribution in [0.5, 0.6) is 0 Å². The minimum Gasteiger partial charge on any atom is -0.352 e. The lowest BCUT2D eigenvalue weighted by molar-refractivity contribution is -0.122. The van der Waals surface area contributed by atoms with E-state index in [4.69, 9.17) is 23.2 Å². The van der Waals surface area contributed by atoms with Crippen LogP contribution in [0.4, 0.5) is 0 Å². The van der Waals surface area contributed by atoms with E-state index < -0.39 is 0 Å². The molecule has 2 nitrogen and oxygen atoms in total. The molecule has 0 radical (unpaired) electrons. The average Bonchev–Trinajstić information content (AvgIpc) is 2.63. The standard InChI is InChI=1S/C11H15Cl2NO/c1-4-5-14-10(15)9-7(6-8(12)13)11(9,2)3/h4,6-7,9H,1,5H2,2-3H3,(H,14,15)/t7-,9+/m1/s1. The Labute approximate surface area is 100 Å². The van der Waals surface area contributed by atoms with Crippen molar-refractivity contribution in [3.8, 4) is 0 Å². The number of carbonyl (C=O) groups excluding carboxylic acids is 1. The SMILES string of the molecule is C=CCNC(=O)[C@@H]1[C@@H](C=C(Cl)Cl)C1(C)C. The summed E-state index contributed by atoms with van der Waals surface area (Å²) in [4.78, 5) is 11.7. The average molecular weight is 248 g/mol. The zero-order valence-corrected chi connectivity index (χ0v) is 10.4. The first-order valence-corrected chi connectivity index (χ1v) is 5.58. The first-order valence-electron chi connectivity index (χ1n) is 4.82. The van der Waals surface area contributed by atoms with E-state index in [0.717, 1.165) is 0 Å². The third-order valence-corrected chi connectivity index (χ3v) is 3.17. The summed E-state index contributed by atoms with van der Waals surface area (Å²) < 4.78 is 0.229. The number of amides is 1. The molecule has 1 rings (SSSR count). The fourth-order valence-corrected chi connectivity index (χ4v) is 2.18. The van der Waals surface area contributed by atoms with E-state index in [1.54, 1.807) is 12.2 Å². The van der Waals surface area contributed by atoms with Gasteiger partial charge >= 0.3 is 0 Å². The van der Waals surface area contributed by atoms with Gasteiger partial charge in [0.15, 0.2) is 0 Å². The number of nitrogens with one attached hydrogen (secondary N) is 1. The second kappa shape index (κ2) is 4.58. The molecule has 15 heavy (non-hydrogen) atoms. The largest absolute Gasteiger partial charge is 0.352 e. The van der Waals surface area contributed by atoms with E-state index in [1.165, 1.54) is 0 Å². The van der Waals surface area contributed by atoms with Crippen LogP contribution in [0.1, 0.15) is 13.8 Å². The van der Waals surface area contributed by atoms with Gasteiger partial charge in [-0.15, -0.1) is 6.58 Å². The van der Waals surface area contributed by atoms with Gasteiger partial charge in [0.25, 0.3) is 0 Å². The third kappa shape index (κ3) is 2.76. The summed E-state index contributed by atoms with van der Waals surface area (Å²) in [7, 11) is 0.